The van der Waals surface area contributed by atoms with Crippen molar-refractivity contribution in [3.8, 4) is 0 Å². The quantitative estimate of drug-likeness (QED) is 0.375. The minimum atomic E-state index is -0.103. The Bertz CT molecular complexity index is 947. The van der Waals surface area contributed by atoms with Crippen LogP contribution in [0.25, 0.3) is 0 Å². The molecule has 2 aromatic carbocycles. The number of nitrogens with one attached hydrogen (secondary N) is 1. The van der Waals surface area contributed by atoms with E-state index in [0.29, 0.717) is 37.6 Å². The molecule has 0 saturated carbocycles. The van der Waals surface area contributed by atoms with Gasteiger partial charge in [0.2, 0.25) is 0 Å². The average Bonchev–Trinajstić information content (AvgIpc) is 3.15. The predicted molar refractivity (Wildman–Crippen MR) is 116 cm³/mol. The summed E-state index contributed by atoms with van der Waals surface area (Å²) in [5.74, 6) is 1.27. The zero-order chi connectivity index (χ0) is 21.2. The topological polar surface area (TPSA) is 78.3 Å². The molecule has 3 rings (SSSR count). The van der Waals surface area contributed by atoms with Crippen LogP contribution in [0.5, 0.6) is 0 Å². The summed E-state index contributed by atoms with van der Waals surface area (Å²) < 4.78 is 12.3. The van der Waals surface area contributed by atoms with Crippen LogP contribution in [0, 0.1) is 0 Å². The Morgan fingerprint density at radius 1 is 1.03 bits per heavy atom. The molecule has 0 bridgehead atoms. The summed E-state index contributed by atoms with van der Waals surface area (Å²) in [6.07, 6.45) is 0. The summed E-state index contributed by atoms with van der Waals surface area (Å²) in [6, 6.07) is 17.8. The fourth-order valence-electron chi connectivity index (χ4n) is 2.96. The highest BCUT2D eigenvalue weighted by atomic mass is 32.2. The number of hydrogen-bond acceptors (Lipinski definition) is 6. The van der Waals surface area contributed by atoms with E-state index in [1.807, 2.05) is 42.5 Å². The molecule has 1 N–H and O–H groups in total. The van der Waals surface area contributed by atoms with E-state index in [4.69, 9.17) is 9.47 Å². The molecule has 0 saturated heterocycles. The van der Waals surface area contributed by atoms with E-state index in [0.717, 1.165) is 22.1 Å². The molecular weight excluding hydrogens is 400 g/mol. The number of rotatable bonds is 11. The fourth-order valence-corrected chi connectivity index (χ4v) is 3.92. The van der Waals surface area contributed by atoms with Gasteiger partial charge in [-0.15, -0.1) is 10.2 Å². The lowest BCUT2D eigenvalue weighted by Crippen LogP contribution is -2.27. The first kappa shape index (κ1) is 22.0. The highest BCUT2D eigenvalue weighted by Gasteiger charge is 2.16. The van der Waals surface area contributed by atoms with Crippen molar-refractivity contribution in [2.24, 2.45) is 0 Å². The molecule has 0 unspecified atom stereocenters. The van der Waals surface area contributed by atoms with Gasteiger partial charge in [-0.1, -0.05) is 60.3 Å². The second-order valence-corrected chi connectivity index (χ2v) is 7.54. The van der Waals surface area contributed by atoms with Gasteiger partial charge < -0.3 is 14.8 Å². The number of thioether (sulfide) groups is 1. The minimum Gasteiger partial charge on any atom is -0.383 e. The summed E-state index contributed by atoms with van der Waals surface area (Å²) in [7, 11) is 3.26. The van der Waals surface area contributed by atoms with Crippen LogP contribution < -0.4 is 5.32 Å². The van der Waals surface area contributed by atoms with Gasteiger partial charge in [-0.3, -0.25) is 9.36 Å². The zero-order valence-corrected chi connectivity index (χ0v) is 18.0. The Kier molecular flexibility index (Phi) is 8.43. The lowest BCUT2D eigenvalue weighted by molar-refractivity contribution is 0.0936. The van der Waals surface area contributed by atoms with Crippen LogP contribution >= 0.6 is 11.8 Å². The third kappa shape index (κ3) is 5.91. The van der Waals surface area contributed by atoms with Gasteiger partial charge in [-0.25, -0.2) is 0 Å². The van der Waals surface area contributed by atoms with Crippen molar-refractivity contribution < 1.29 is 14.3 Å². The molecular formula is C22H26N4O3S. The number of ether oxygens (including phenoxy) is 2. The molecule has 1 aromatic heterocycles. The Morgan fingerprint density at radius 3 is 2.57 bits per heavy atom. The van der Waals surface area contributed by atoms with Crippen molar-refractivity contribution in [2.45, 2.75) is 24.1 Å². The Hall–Kier alpha value is -2.68. The number of hydrogen-bond donors (Lipinski definition) is 1. The maximum atomic E-state index is 12.5. The number of carbonyl (C=O) groups excluding carboxylic acids is 1. The summed E-state index contributed by atoms with van der Waals surface area (Å²) in [5.41, 5.74) is 2.77. The standard InChI is InChI=1S/C22H26N4O3S/c1-28-13-12-23-21(27)19-11-7-6-10-18(19)16-30-22-25-24-20(15-29-2)26(22)14-17-8-4-3-5-9-17/h3-11H,12-16H2,1-2H3,(H,23,27). The Labute approximate surface area is 180 Å². The van der Waals surface area contributed by atoms with E-state index in [-0.39, 0.29) is 5.91 Å². The maximum Gasteiger partial charge on any atom is 0.251 e. The molecule has 0 radical (unpaired) electrons. The molecule has 1 amide bonds. The lowest BCUT2D eigenvalue weighted by Gasteiger charge is -2.12. The van der Waals surface area contributed by atoms with E-state index < -0.39 is 0 Å². The van der Waals surface area contributed by atoms with Crippen molar-refractivity contribution in [1.82, 2.24) is 20.1 Å². The van der Waals surface area contributed by atoms with Crippen LogP contribution in [-0.2, 0) is 28.4 Å². The highest BCUT2D eigenvalue weighted by Crippen LogP contribution is 2.25. The molecule has 0 aliphatic rings. The monoisotopic (exact) mass is 426 g/mol. The van der Waals surface area contributed by atoms with Crippen molar-refractivity contribution in [2.75, 3.05) is 27.4 Å². The highest BCUT2D eigenvalue weighted by molar-refractivity contribution is 7.98. The predicted octanol–water partition coefficient (Wildman–Crippen LogP) is 3.14. The zero-order valence-electron chi connectivity index (χ0n) is 17.2. The molecule has 1 heterocycles. The second-order valence-electron chi connectivity index (χ2n) is 6.60. The largest absolute Gasteiger partial charge is 0.383 e. The fraction of sp³-hybridized carbons (Fsp3) is 0.318. The first-order valence-electron chi connectivity index (χ1n) is 9.65. The van der Waals surface area contributed by atoms with Crippen LogP contribution in [0.15, 0.2) is 59.8 Å². The number of carbonyl (C=O) groups is 1. The van der Waals surface area contributed by atoms with Crippen LogP contribution in [0.3, 0.4) is 0 Å². The molecule has 0 aliphatic carbocycles. The second kappa shape index (κ2) is 11.5. The molecule has 158 valence electrons. The van der Waals surface area contributed by atoms with Crippen molar-refractivity contribution >= 4 is 17.7 Å². The van der Waals surface area contributed by atoms with Crippen molar-refractivity contribution in [3.05, 3.63) is 77.1 Å². The molecule has 30 heavy (non-hydrogen) atoms. The number of amides is 1. The summed E-state index contributed by atoms with van der Waals surface area (Å²) in [4.78, 5) is 12.5. The van der Waals surface area contributed by atoms with E-state index in [1.165, 1.54) is 0 Å². The molecule has 0 spiro atoms. The third-order valence-corrected chi connectivity index (χ3v) is 5.48. The summed E-state index contributed by atoms with van der Waals surface area (Å²) in [6.45, 7) is 2.00. The molecule has 0 fully saturated rings. The van der Waals surface area contributed by atoms with Gasteiger partial charge in [0.15, 0.2) is 11.0 Å². The van der Waals surface area contributed by atoms with Gasteiger partial charge in [0.05, 0.1) is 13.2 Å². The Morgan fingerprint density at radius 2 is 1.80 bits per heavy atom. The van der Waals surface area contributed by atoms with E-state index in [1.54, 1.807) is 26.0 Å². The molecule has 8 heteroatoms. The summed E-state index contributed by atoms with van der Waals surface area (Å²) in [5, 5.41) is 12.3. The van der Waals surface area contributed by atoms with Gasteiger partial charge in [0.1, 0.15) is 6.61 Å². The minimum absolute atomic E-state index is 0.103. The third-order valence-electron chi connectivity index (χ3n) is 4.46. The van der Waals surface area contributed by atoms with Crippen LogP contribution in [0.1, 0.15) is 27.3 Å². The molecule has 0 aliphatic heterocycles. The first-order valence-corrected chi connectivity index (χ1v) is 10.6. The van der Waals surface area contributed by atoms with Crippen molar-refractivity contribution in [3.63, 3.8) is 0 Å². The molecule has 7 nitrogen and oxygen atoms in total. The van der Waals surface area contributed by atoms with Gasteiger partial charge in [-0.2, -0.15) is 0 Å². The van der Waals surface area contributed by atoms with Gasteiger partial charge in [-0.05, 0) is 17.2 Å². The average molecular weight is 427 g/mol. The normalized spacial score (nSPS) is 10.9. The molecule has 3 aromatic rings. The van der Waals surface area contributed by atoms with Gasteiger partial charge in [0, 0.05) is 32.1 Å². The maximum absolute atomic E-state index is 12.5. The van der Waals surface area contributed by atoms with E-state index in [9.17, 15) is 4.79 Å². The van der Waals surface area contributed by atoms with Gasteiger partial charge >= 0.3 is 0 Å². The van der Waals surface area contributed by atoms with Crippen LogP contribution in [-0.4, -0.2) is 48.0 Å². The van der Waals surface area contributed by atoms with Crippen LogP contribution in [0.2, 0.25) is 0 Å². The number of methoxy groups -OCH3 is 2. The Balaban J connectivity index is 1.75. The lowest BCUT2D eigenvalue weighted by atomic mass is 10.1. The van der Waals surface area contributed by atoms with Crippen LogP contribution in [0.4, 0.5) is 0 Å². The van der Waals surface area contributed by atoms with Crippen molar-refractivity contribution in [1.29, 1.82) is 0 Å². The number of nitrogens with zero attached hydrogens (tertiary/aromatic N) is 3. The molecule has 0 atom stereocenters. The van der Waals surface area contributed by atoms with Gasteiger partial charge in [0.25, 0.3) is 5.91 Å². The first-order chi connectivity index (χ1) is 14.7. The van der Waals surface area contributed by atoms with E-state index >= 15 is 0 Å². The number of benzene rings is 2. The SMILES string of the molecule is COCCNC(=O)c1ccccc1CSc1nnc(COC)n1Cc1ccccc1. The smallest absolute Gasteiger partial charge is 0.251 e. The summed E-state index contributed by atoms with van der Waals surface area (Å²) >= 11 is 1.56. The number of aromatic nitrogens is 3. The van der Waals surface area contributed by atoms with E-state index in [2.05, 4.69) is 32.2 Å².